The number of ether oxygens (including phenoxy) is 1. The van der Waals surface area contributed by atoms with Crippen molar-refractivity contribution in [3.8, 4) is 28.4 Å². The van der Waals surface area contributed by atoms with Crippen LogP contribution in [0.25, 0.3) is 38.8 Å². The Balaban J connectivity index is 1.05. The maximum atomic E-state index is 7.17. The number of hydrogen-bond donors (Lipinski definition) is 0. The molecule has 0 saturated carbocycles. The lowest BCUT2D eigenvalue weighted by Gasteiger charge is -2.32. The Morgan fingerprint density at radius 2 is 0.935 bits per heavy atom. The molecule has 388 valence electrons. The van der Waals surface area contributed by atoms with E-state index >= 15 is 0 Å². The van der Waals surface area contributed by atoms with E-state index in [0.29, 0.717) is 6.67 Å². The molecule has 1 aliphatic heterocycles. The average Bonchev–Trinajstić information content (AvgIpc) is 4.08. The summed E-state index contributed by atoms with van der Waals surface area (Å²) in [5, 5.41) is 2.32. The van der Waals surface area contributed by atoms with E-state index in [2.05, 4.69) is 298 Å². The zero-order valence-electron chi connectivity index (χ0n) is 47.5. The van der Waals surface area contributed by atoms with Gasteiger partial charge in [-0.3, -0.25) is 4.57 Å². The quantitative estimate of drug-likeness (QED) is 0.137. The Bertz CT molecular complexity index is 3810. The van der Waals surface area contributed by atoms with E-state index in [1.807, 2.05) is 6.20 Å². The van der Waals surface area contributed by atoms with Crippen LogP contribution in [0.4, 0.5) is 22.7 Å². The van der Waals surface area contributed by atoms with Gasteiger partial charge in [-0.25, -0.2) is 4.98 Å². The lowest BCUT2D eigenvalue weighted by molar-refractivity contribution is 0.479. The van der Waals surface area contributed by atoms with Crippen LogP contribution in [0.1, 0.15) is 129 Å². The smallest absolute Gasteiger partial charge is 0.137 e. The fourth-order valence-electron chi connectivity index (χ4n) is 11.2. The molecule has 0 bridgehead atoms. The Morgan fingerprint density at radius 1 is 0.364 bits per heavy atom. The Hall–Kier alpha value is -7.89. The van der Waals surface area contributed by atoms with Gasteiger partial charge in [-0.15, -0.1) is 0 Å². The van der Waals surface area contributed by atoms with Crippen LogP contribution in [0.15, 0.2) is 200 Å². The molecule has 11 rings (SSSR count). The Morgan fingerprint density at radius 3 is 1.57 bits per heavy atom. The Labute approximate surface area is 457 Å². The molecule has 0 radical (unpaired) electrons. The number of anilines is 4. The highest BCUT2D eigenvalue weighted by atomic mass is 16.5. The van der Waals surface area contributed by atoms with E-state index in [0.717, 1.165) is 45.1 Å². The van der Waals surface area contributed by atoms with Crippen LogP contribution in [0.5, 0.6) is 11.5 Å². The molecule has 10 aromatic rings. The topological polar surface area (TPSA) is 33.5 Å². The van der Waals surface area contributed by atoms with Crippen molar-refractivity contribution in [1.29, 1.82) is 0 Å². The normalized spacial score (nSPS) is 13.4. The molecule has 0 saturated heterocycles. The van der Waals surface area contributed by atoms with Gasteiger partial charge in [0.1, 0.15) is 24.0 Å². The number of fused-ring (bicyclic) bond motifs is 4. The first-order chi connectivity index (χ1) is 36.5. The van der Waals surface area contributed by atoms with E-state index in [4.69, 9.17) is 9.72 Å². The van der Waals surface area contributed by atoms with Crippen LogP contribution >= 0.6 is 0 Å². The molecule has 0 atom stereocenters. The molecule has 5 nitrogen and oxygen atoms in total. The molecule has 2 aromatic heterocycles. The van der Waals surface area contributed by atoms with Crippen molar-refractivity contribution < 1.29 is 4.74 Å². The van der Waals surface area contributed by atoms with Gasteiger partial charge in [-0.05, 0) is 139 Å². The monoisotopic (exact) mass is 1010 g/mol. The summed E-state index contributed by atoms with van der Waals surface area (Å²) in [6.45, 7) is 30.7. The van der Waals surface area contributed by atoms with Crippen LogP contribution in [0.2, 0.25) is 0 Å². The number of rotatable bonds is 10. The predicted molar refractivity (Wildman–Crippen MR) is 326 cm³/mol. The molecule has 0 unspecified atom stereocenters. The minimum absolute atomic E-state index is 0.0480. The molecular formula is C72H74N4O. The number of hydrogen-bond acceptors (Lipinski definition) is 4. The van der Waals surface area contributed by atoms with Gasteiger partial charge in [0.15, 0.2) is 0 Å². The minimum atomic E-state index is -0.237. The van der Waals surface area contributed by atoms with Crippen LogP contribution in [0.3, 0.4) is 0 Å². The Kier molecular flexibility index (Phi) is 12.6. The van der Waals surface area contributed by atoms with Crippen molar-refractivity contribution in [3.63, 3.8) is 0 Å². The van der Waals surface area contributed by atoms with E-state index in [-0.39, 0.29) is 27.1 Å². The van der Waals surface area contributed by atoms with E-state index in [9.17, 15) is 0 Å². The van der Waals surface area contributed by atoms with Gasteiger partial charge in [0.25, 0.3) is 0 Å². The van der Waals surface area contributed by atoms with Gasteiger partial charge in [0.2, 0.25) is 0 Å². The maximum Gasteiger partial charge on any atom is 0.137 e. The number of pyridine rings is 1. The SMILES string of the molecule is CC(C)(C)c1cc(Oc2ccc3c4cc(-c5ccccc5)ccc4n(-c4cc(C(C)(C)C)ccn4)c3c2)cc(N2CN(c3cc(C(C)(C)C)cc(C(C)(C)c4ccccc4)c3)c3cc(C(C)(C)c4ccccc4)ccc32)c1. The highest BCUT2D eigenvalue weighted by molar-refractivity contribution is 6.10. The first-order valence-electron chi connectivity index (χ1n) is 27.4. The summed E-state index contributed by atoms with van der Waals surface area (Å²) in [5.74, 6) is 2.44. The number of nitrogens with zero attached hydrogens (tertiary/aromatic N) is 4. The molecule has 3 heterocycles. The molecule has 0 N–H and O–H groups in total. The van der Waals surface area contributed by atoms with Crippen LogP contribution in [-0.4, -0.2) is 16.2 Å². The molecule has 77 heavy (non-hydrogen) atoms. The highest BCUT2D eigenvalue weighted by Gasteiger charge is 2.35. The third kappa shape index (κ3) is 9.71. The number of benzene rings is 8. The van der Waals surface area contributed by atoms with Gasteiger partial charge in [-0.2, -0.15) is 0 Å². The fraction of sp³-hybridized carbons (Fsp3) is 0.264. The van der Waals surface area contributed by atoms with E-state index in [1.165, 1.54) is 66.8 Å². The summed E-state index contributed by atoms with van der Waals surface area (Å²) in [5.41, 5.74) is 17.2. The second-order valence-corrected chi connectivity index (χ2v) is 25.5. The maximum absolute atomic E-state index is 7.17. The van der Waals surface area contributed by atoms with Crippen LogP contribution in [-0.2, 0) is 27.1 Å². The summed E-state index contributed by atoms with van der Waals surface area (Å²) >= 11 is 0. The van der Waals surface area contributed by atoms with Gasteiger partial charge in [0.05, 0.1) is 22.4 Å². The molecule has 0 spiro atoms. The van der Waals surface area contributed by atoms with Crippen molar-refractivity contribution in [2.45, 2.75) is 117 Å². The molecule has 0 amide bonds. The highest BCUT2D eigenvalue weighted by Crippen LogP contribution is 2.50. The zero-order valence-corrected chi connectivity index (χ0v) is 47.5. The molecule has 5 heteroatoms. The predicted octanol–water partition coefficient (Wildman–Crippen LogP) is 19.4. The lowest BCUT2D eigenvalue weighted by atomic mass is 9.75. The molecule has 1 aliphatic rings. The third-order valence-corrected chi connectivity index (χ3v) is 16.4. The van der Waals surface area contributed by atoms with Crippen molar-refractivity contribution in [2.24, 2.45) is 0 Å². The van der Waals surface area contributed by atoms with Gasteiger partial charge < -0.3 is 14.5 Å². The largest absolute Gasteiger partial charge is 0.457 e. The van der Waals surface area contributed by atoms with Crippen molar-refractivity contribution in [2.75, 3.05) is 16.5 Å². The zero-order chi connectivity index (χ0) is 54.2. The van der Waals surface area contributed by atoms with Crippen LogP contribution in [0, 0.1) is 0 Å². The molecule has 8 aromatic carbocycles. The first kappa shape index (κ1) is 51.2. The van der Waals surface area contributed by atoms with Crippen molar-refractivity contribution in [1.82, 2.24) is 9.55 Å². The summed E-state index contributed by atoms with van der Waals surface area (Å²) in [4.78, 5) is 10.1. The summed E-state index contributed by atoms with van der Waals surface area (Å²) in [7, 11) is 0. The van der Waals surface area contributed by atoms with Crippen molar-refractivity contribution >= 4 is 44.6 Å². The van der Waals surface area contributed by atoms with Gasteiger partial charge in [-0.1, -0.05) is 199 Å². The average molecular weight is 1010 g/mol. The molecule has 0 fully saturated rings. The van der Waals surface area contributed by atoms with Gasteiger partial charge in [0, 0.05) is 51.3 Å². The third-order valence-electron chi connectivity index (χ3n) is 16.4. The number of aromatic nitrogens is 2. The summed E-state index contributed by atoms with van der Waals surface area (Å²) in [6, 6.07) is 71.5. The first-order valence-corrected chi connectivity index (χ1v) is 27.4. The second-order valence-electron chi connectivity index (χ2n) is 25.5. The summed E-state index contributed by atoms with van der Waals surface area (Å²) in [6.07, 6.45) is 1.94. The van der Waals surface area contributed by atoms with Crippen molar-refractivity contribution in [3.05, 3.63) is 239 Å². The summed E-state index contributed by atoms with van der Waals surface area (Å²) < 4.78 is 9.48. The minimum Gasteiger partial charge on any atom is -0.457 e. The van der Waals surface area contributed by atoms with E-state index < -0.39 is 0 Å². The second kappa shape index (κ2) is 19.0. The van der Waals surface area contributed by atoms with Gasteiger partial charge >= 0.3 is 0 Å². The van der Waals surface area contributed by atoms with Crippen LogP contribution < -0.4 is 14.5 Å². The van der Waals surface area contributed by atoms with E-state index in [1.54, 1.807) is 0 Å². The standard InChI is InChI=1S/C72H74N4O/c1-68(2,3)52-35-36-73-67(44-52)76-63-33-29-49(48-23-17-14-18-24-48)37-62(63)61-32-31-59(46-65(61)76)77-60-42-55(70(7,8)9)40-58(45-60)74-47-75(66-43-53(30-34-64(66)74)71(10,11)50-25-19-15-20-26-50)57-39-54(69(4,5)6)38-56(41-57)72(12,13)51-27-21-16-22-28-51/h14-46H,47H2,1-13H3. The fourth-order valence-corrected chi connectivity index (χ4v) is 11.2. The molecule has 0 aliphatic carbocycles. The molecular weight excluding hydrogens is 937 g/mol. The lowest BCUT2D eigenvalue weighted by Crippen LogP contribution is -2.26.